The van der Waals surface area contributed by atoms with E-state index in [4.69, 9.17) is 4.74 Å². The van der Waals surface area contributed by atoms with E-state index in [1.807, 2.05) is 37.2 Å². The summed E-state index contributed by atoms with van der Waals surface area (Å²) in [4.78, 5) is 34.2. The first-order valence-electron chi connectivity index (χ1n) is 10.7. The largest absolute Gasteiger partial charge is 0.507 e. The van der Waals surface area contributed by atoms with E-state index in [1.165, 1.54) is 4.90 Å². The van der Waals surface area contributed by atoms with E-state index in [1.54, 1.807) is 48.7 Å². The Bertz CT molecular complexity index is 1270. The van der Waals surface area contributed by atoms with E-state index < -0.39 is 17.7 Å². The van der Waals surface area contributed by atoms with Crippen LogP contribution in [0.2, 0.25) is 0 Å². The first kappa shape index (κ1) is 20.8. The number of amides is 1. The maximum absolute atomic E-state index is 13.2. The van der Waals surface area contributed by atoms with Gasteiger partial charge in [-0.05, 0) is 60.2 Å². The summed E-state index contributed by atoms with van der Waals surface area (Å²) >= 11 is 0. The molecule has 0 spiro atoms. The average molecular weight is 441 g/mol. The molecule has 2 aliphatic rings. The molecule has 1 amide bonds. The summed E-state index contributed by atoms with van der Waals surface area (Å²) in [5.74, 6) is -0.883. The van der Waals surface area contributed by atoms with Crippen molar-refractivity contribution in [3.8, 4) is 5.75 Å². The van der Waals surface area contributed by atoms with E-state index in [2.05, 4.69) is 4.98 Å². The van der Waals surface area contributed by atoms with Crippen LogP contribution in [0, 0.1) is 0 Å². The number of aliphatic hydroxyl groups excluding tert-OH is 1. The van der Waals surface area contributed by atoms with Gasteiger partial charge >= 0.3 is 0 Å². The molecule has 5 rings (SSSR count). The van der Waals surface area contributed by atoms with Crippen LogP contribution in [0.25, 0.3) is 5.76 Å². The second-order valence-electron chi connectivity index (χ2n) is 8.26. The molecule has 1 fully saturated rings. The molecule has 166 valence electrons. The highest BCUT2D eigenvalue weighted by Gasteiger charge is 2.47. The maximum Gasteiger partial charge on any atom is 0.300 e. The molecule has 0 saturated carbocycles. The lowest BCUT2D eigenvalue weighted by Gasteiger charge is -2.25. The zero-order valence-corrected chi connectivity index (χ0v) is 18.4. The Morgan fingerprint density at radius 3 is 2.58 bits per heavy atom. The summed E-state index contributed by atoms with van der Waals surface area (Å²) in [7, 11) is 3.85. The van der Waals surface area contributed by atoms with Gasteiger partial charge in [-0.3, -0.25) is 19.5 Å². The van der Waals surface area contributed by atoms with Gasteiger partial charge in [0.1, 0.15) is 17.6 Å². The van der Waals surface area contributed by atoms with E-state index in [0.717, 1.165) is 23.4 Å². The maximum atomic E-state index is 13.2. The molecule has 0 radical (unpaired) electrons. The van der Waals surface area contributed by atoms with Crippen LogP contribution in [0.15, 0.2) is 72.4 Å². The number of carbonyl (C=O) groups is 2. The zero-order valence-electron chi connectivity index (χ0n) is 18.4. The standard InChI is InChI=1S/C26H23N3O4/c1-28(2)18-7-9-19(10-8-18)29-23(20-5-3-4-13-27-20)22(25(31)26(29)32)24(30)17-6-11-21-16(15-17)12-14-33-21/h3-11,13,15,23,30H,12,14H2,1-2H3/b24-22-. The van der Waals surface area contributed by atoms with Crippen molar-refractivity contribution >= 4 is 28.8 Å². The fourth-order valence-corrected chi connectivity index (χ4v) is 4.32. The number of rotatable bonds is 4. The van der Waals surface area contributed by atoms with Crippen LogP contribution >= 0.6 is 0 Å². The molecule has 1 unspecified atom stereocenters. The van der Waals surface area contributed by atoms with Gasteiger partial charge in [-0.2, -0.15) is 0 Å². The van der Waals surface area contributed by atoms with Gasteiger partial charge in [0.05, 0.1) is 17.9 Å². The quantitative estimate of drug-likeness (QED) is 0.378. The van der Waals surface area contributed by atoms with Crippen molar-refractivity contribution in [2.24, 2.45) is 0 Å². The molecule has 3 aromatic rings. The minimum absolute atomic E-state index is 0.0225. The monoisotopic (exact) mass is 441 g/mol. The van der Waals surface area contributed by atoms with Crippen molar-refractivity contribution in [3.63, 3.8) is 0 Å². The van der Waals surface area contributed by atoms with Crippen LogP contribution in [0.4, 0.5) is 11.4 Å². The predicted molar refractivity (Wildman–Crippen MR) is 125 cm³/mol. The first-order valence-corrected chi connectivity index (χ1v) is 10.7. The number of benzene rings is 2. The van der Waals surface area contributed by atoms with E-state index in [0.29, 0.717) is 23.6 Å². The Hall–Kier alpha value is -4.13. The fourth-order valence-electron chi connectivity index (χ4n) is 4.32. The third kappa shape index (κ3) is 3.51. The summed E-state index contributed by atoms with van der Waals surface area (Å²) in [6.07, 6.45) is 2.34. The summed E-state index contributed by atoms with van der Waals surface area (Å²) in [5, 5.41) is 11.3. The molecule has 0 aliphatic carbocycles. The number of hydrogen-bond donors (Lipinski definition) is 1. The third-order valence-corrected chi connectivity index (χ3v) is 6.02. The molecular weight excluding hydrogens is 418 g/mol. The minimum Gasteiger partial charge on any atom is -0.507 e. The Morgan fingerprint density at radius 2 is 1.88 bits per heavy atom. The fraction of sp³-hybridized carbons (Fsp3) is 0.192. The zero-order chi connectivity index (χ0) is 23.1. The third-order valence-electron chi connectivity index (χ3n) is 6.02. The highest BCUT2D eigenvalue weighted by Crippen LogP contribution is 2.42. The molecule has 2 aromatic carbocycles. The Morgan fingerprint density at radius 1 is 1.09 bits per heavy atom. The molecule has 7 heteroatoms. The average Bonchev–Trinajstić information content (AvgIpc) is 3.41. The Kier molecular flexibility index (Phi) is 5.09. The molecule has 1 saturated heterocycles. The number of anilines is 2. The topological polar surface area (TPSA) is 83.0 Å². The predicted octanol–water partition coefficient (Wildman–Crippen LogP) is 3.71. The van der Waals surface area contributed by atoms with Gasteiger partial charge in [0, 0.05) is 43.7 Å². The van der Waals surface area contributed by atoms with Crippen LogP contribution in [0.5, 0.6) is 5.75 Å². The second-order valence-corrected chi connectivity index (χ2v) is 8.26. The number of fused-ring (bicyclic) bond motifs is 1. The van der Waals surface area contributed by atoms with Crippen molar-refractivity contribution in [1.29, 1.82) is 0 Å². The highest BCUT2D eigenvalue weighted by atomic mass is 16.5. The van der Waals surface area contributed by atoms with E-state index >= 15 is 0 Å². The Labute approximate surface area is 191 Å². The van der Waals surface area contributed by atoms with Crippen molar-refractivity contribution in [3.05, 3.63) is 89.3 Å². The van der Waals surface area contributed by atoms with Crippen LogP contribution < -0.4 is 14.5 Å². The number of aliphatic hydroxyl groups is 1. The van der Waals surface area contributed by atoms with Gasteiger partial charge in [0.15, 0.2) is 0 Å². The lowest BCUT2D eigenvalue weighted by molar-refractivity contribution is -0.132. The van der Waals surface area contributed by atoms with Gasteiger partial charge in [0.2, 0.25) is 0 Å². The van der Waals surface area contributed by atoms with Crippen LogP contribution in [0.1, 0.15) is 22.9 Å². The second kappa shape index (κ2) is 8.09. The number of Topliss-reactive ketones (excluding diaryl/α,β-unsaturated/α-hetero) is 1. The van der Waals surface area contributed by atoms with Crippen molar-refractivity contribution in [2.75, 3.05) is 30.5 Å². The van der Waals surface area contributed by atoms with Crippen LogP contribution in [0.3, 0.4) is 0 Å². The SMILES string of the molecule is CN(C)c1ccc(N2C(=O)C(=O)/C(=C(\O)c3ccc4c(c3)CCO4)C2c2ccccn2)cc1. The molecule has 0 bridgehead atoms. The normalized spacial score (nSPS) is 18.8. The lowest BCUT2D eigenvalue weighted by Crippen LogP contribution is -2.29. The summed E-state index contributed by atoms with van der Waals surface area (Å²) in [6, 6.07) is 17.1. The van der Waals surface area contributed by atoms with Gasteiger partial charge in [-0.15, -0.1) is 0 Å². The molecule has 7 nitrogen and oxygen atoms in total. The van der Waals surface area contributed by atoms with Crippen molar-refractivity contribution < 1.29 is 19.4 Å². The number of aromatic nitrogens is 1. The van der Waals surface area contributed by atoms with Crippen LogP contribution in [-0.2, 0) is 16.0 Å². The summed E-state index contributed by atoms with van der Waals surface area (Å²) < 4.78 is 5.55. The molecular formula is C26H23N3O4. The minimum atomic E-state index is -0.846. The number of ketones is 1. The molecule has 1 atom stereocenters. The Balaban J connectivity index is 1.66. The van der Waals surface area contributed by atoms with E-state index in [9.17, 15) is 14.7 Å². The number of pyridine rings is 1. The van der Waals surface area contributed by atoms with Crippen molar-refractivity contribution in [1.82, 2.24) is 4.98 Å². The summed E-state index contributed by atoms with van der Waals surface area (Å²) in [6.45, 7) is 0.584. The number of nitrogens with zero attached hydrogens (tertiary/aromatic N) is 3. The highest BCUT2D eigenvalue weighted by molar-refractivity contribution is 6.51. The lowest BCUT2D eigenvalue weighted by atomic mass is 9.97. The molecule has 1 N–H and O–H groups in total. The van der Waals surface area contributed by atoms with E-state index in [-0.39, 0.29) is 11.3 Å². The van der Waals surface area contributed by atoms with Gasteiger partial charge in [0.25, 0.3) is 11.7 Å². The number of ether oxygens (including phenoxy) is 1. The number of hydrogen-bond acceptors (Lipinski definition) is 6. The van der Waals surface area contributed by atoms with Gasteiger partial charge < -0.3 is 14.7 Å². The summed E-state index contributed by atoms with van der Waals surface area (Å²) in [5.41, 5.74) is 3.47. The van der Waals surface area contributed by atoms with Crippen LogP contribution in [-0.4, -0.2) is 42.5 Å². The van der Waals surface area contributed by atoms with Gasteiger partial charge in [-0.25, -0.2) is 0 Å². The molecule has 2 aliphatic heterocycles. The first-order chi connectivity index (χ1) is 16.0. The molecule has 3 heterocycles. The molecule has 1 aromatic heterocycles. The smallest absolute Gasteiger partial charge is 0.300 e. The number of carbonyl (C=O) groups excluding carboxylic acids is 2. The molecule has 33 heavy (non-hydrogen) atoms. The van der Waals surface area contributed by atoms with Gasteiger partial charge in [-0.1, -0.05) is 6.07 Å². The van der Waals surface area contributed by atoms with Crippen molar-refractivity contribution in [2.45, 2.75) is 12.5 Å².